The Balaban J connectivity index is 2.26. The third-order valence-electron chi connectivity index (χ3n) is 3.27. The number of aryl methyl sites for hydroxylation is 1. The lowest BCUT2D eigenvalue weighted by Crippen LogP contribution is -2.30. The number of nitrogens with zero attached hydrogens (tertiary/aromatic N) is 2. The van der Waals surface area contributed by atoms with Gasteiger partial charge in [-0.25, -0.2) is 4.98 Å². The molecular formula is C14H12N4O2S. The predicted octanol–water partition coefficient (Wildman–Crippen LogP) is 1.29. The highest BCUT2D eigenvalue weighted by molar-refractivity contribution is 7.20. The fraction of sp³-hybridized carbons (Fsp3) is 0.0714. The molecule has 0 aliphatic heterocycles. The molecule has 106 valence electrons. The van der Waals surface area contributed by atoms with Crippen LogP contribution in [0.15, 0.2) is 35.1 Å². The largest absolute Gasteiger partial charge is 0.368 e. The van der Waals surface area contributed by atoms with Gasteiger partial charge in [-0.2, -0.15) is 4.68 Å². The van der Waals surface area contributed by atoms with Crippen LogP contribution in [-0.2, 0) is 0 Å². The zero-order valence-corrected chi connectivity index (χ0v) is 12.0. The number of rotatable bonds is 2. The summed E-state index contributed by atoms with van der Waals surface area (Å²) in [6, 6.07) is 8.88. The van der Waals surface area contributed by atoms with Crippen LogP contribution >= 0.6 is 11.3 Å². The van der Waals surface area contributed by atoms with E-state index in [0.29, 0.717) is 26.2 Å². The molecule has 3 aromatic rings. The first-order valence-corrected chi connectivity index (χ1v) is 6.98. The van der Waals surface area contributed by atoms with Crippen LogP contribution in [0.2, 0.25) is 0 Å². The molecule has 1 aromatic carbocycles. The summed E-state index contributed by atoms with van der Waals surface area (Å²) in [7, 11) is 0. The standard InChI is InChI=1S/C14H12N4O2S/c1-7-9-12(17-14(15)18(16)13(9)20)21-11(7)10(19)8-5-3-2-4-6-8/h2-6H,16H2,1H3,(H2,15,17). The van der Waals surface area contributed by atoms with Crippen molar-refractivity contribution < 1.29 is 4.79 Å². The predicted molar refractivity (Wildman–Crippen MR) is 83.1 cm³/mol. The molecule has 0 atom stereocenters. The summed E-state index contributed by atoms with van der Waals surface area (Å²) >= 11 is 1.15. The van der Waals surface area contributed by atoms with Crippen LogP contribution in [-0.4, -0.2) is 15.4 Å². The van der Waals surface area contributed by atoms with Crippen molar-refractivity contribution in [2.45, 2.75) is 6.92 Å². The smallest absolute Gasteiger partial charge is 0.282 e. The Hall–Kier alpha value is -2.67. The van der Waals surface area contributed by atoms with Gasteiger partial charge in [0.2, 0.25) is 11.7 Å². The molecule has 3 rings (SSSR count). The van der Waals surface area contributed by atoms with Crippen LogP contribution in [0, 0.1) is 6.92 Å². The monoisotopic (exact) mass is 300 g/mol. The quantitative estimate of drug-likeness (QED) is 0.548. The van der Waals surface area contributed by atoms with Gasteiger partial charge < -0.3 is 11.6 Å². The number of aromatic nitrogens is 2. The molecule has 6 nitrogen and oxygen atoms in total. The molecule has 0 spiro atoms. The Bertz CT molecular complexity index is 912. The summed E-state index contributed by atoms with van der Waals surface area (Å²) in [5.74, 6) is 5.33. The number of carbonyl (C=O) groups is 1. The molecule has 0 saturated carbocycles. The van der Waals surface area contributed by atoms with E-state index < -0.39 is 5.56 Å². The number of hydrogen-bond donors (Lipinski definition) is 2. The SMILES string of the molecule is Cc1c(C(=O)c2ccccc2)sc2nc(N)n(N)c(=O)c12. The van der Waals surface area contributed by atoms with Crippen molar-refractivity contribution in [3.63, 3.8) is 0 Å². The second kappa shape index (κ2) is 4.71. The molecule has 21 heavy (non-hydrogen) atoms. The molecule has 0 aliphatic carbocycles. The number of fused-ring (bicyclic) bond motifs is 1. The van der Waals surface area contributed by atoms with E-state index in [4.69, 9.17) is 11.6 Å². The van der Waals surface area contributed by atoms with E-state index in [-0.39, 0.29) is 11.7 Å². The molecular weight excluding hydrogens is 288 g/mol. The van der Waals surface area contributed by atoms with Crippen LogP contribution < -0.4 is 17.1 Å². The third kappa shape index (κ3) is 1.98. The molecule has 0 unspecified atom stereocenters. The first-order chi connectivity index (χ1) is 10.0. The van der Waals surface area contributed by atoms with E-state index in [1.165, 1.54) is 0 Å². The Morgan fingerprint density at radius 2 is 1.95 bits per heavy atom. The van der Waals surface area contributed by atoms with Gasteiger partial charge >= 0.3 is 0 Å². The lowest BCUT2D eigenvalue weighted by atomic mass is 10.1. The van der Waals surface area contributed by atoms with Crippen molar-refractivity contribution in [3.8, 4) is 0 Å². The van der Waals surface area contributed by atoms with Crippen molar-refractivity contribution in [1.82, 2.24) is 9.66 Å². The summed E-state index contributed by atoms with van der Waals surface area (Å²) < 4.78 is 0.791. The fourth-order valence-electron chi connectivity index (χ4n) is 2.15. The maximum atomic E-state index is 12.5. The normalized spacial score (nSPS) is 10.9. The van der Waals surface area contributed by atoms with Gasteiger partial charge in [0.25, 0.3) is 5.56 Å². The average Bonchev–Trinajstić information content (AvgIpc) is 2.82. The zero-order valence-electron chi connectivity index (χ0n) is 11.2. The van der Waals surface area contributed by atoms with E-state index in [2.05, 4.69) is 4.98 Å². The van der Waals surface area contributed by atoms with E-state index in [9.17, 15) is 9.59 Å². The second-order valence-corrected chi connectivity index (χ2v) is 5.58. The highest BCUT2D eigenvalue weighted by Crippen LogP contribution is 2.29. The number of carbonyl (C=O) groups excluding carboxylic acids is 1. The number of nitrogens with two attached hydrogens (primary N) is 2. The first-order valence-electron chi connectivity index (χ1n) is 6.17. The number of nitrogen functional groups attached to an aromatic ring is 2. The van der Waals surface area contributed by atoms with E-state index in [0.717, 1.165) is 16.0 Å². The third-order valence-corrected chi connectivity index (χ3v) is 4.45. The van der Waals surface area contributed by atoms with Crippen LogP contribution in [0.1, 0.15) is 20.8 Å². The van der Waals surface area contributed by atoms with Crippen LogP contribution in [0.25, 0.3) is 10.2 Å². The van der Waals surface area contributed by atoms with Gasteiger partial charge in [-0.15, -0.1) is 11.3 Å². The molecule has 0 fully saturated rings. The van der Waals surface area contributed by atoms with Gasteiger partial charge in [0.15, 0.2) is 0 Å². The van der Waals surface area contributed by atoms with Crippen molar-refractivity contribution in [2.24, 2.45) is 0 Å². The summed E-state index contributed by atoms with van der Waals surface area (Å²) in [6.07, 6.45) is 0. The molecule has 0 radical (unpaired) electrons. The minimum atomic E-state index is -0.446. The maximum Gasteiger partial charge on any atom is 0.282 e. The topological polar surface area (TPSA) is 104 Å². The molecule has 2 heterocycles. The highest BCUT2D eigenvalue weighted by Gasteiger charge is 2.21. The van der Waals surface area contributed by atoms with Crippen molar-refractivity contribution in [1.29, 1.82) is 0 Å². The Kier molecular flexibility index (Phi) is 2.99. The number of ketones is 1. The summed E-state index contributed by atoms with van der Waals surface area (Å²) in [4.78, 5) is 29.7. The molecule has 0 saturated heterocycles. The molecule has 0 amide bonds. The molecule has 7 heteroatoms. The number of benzene rings is 1. The molecule has 2 aromatic heterocycles. The second-order valence-electron chi connectivity index (χ2n) is 4.58. The Labute approximate surface area is 123 Å². The minimum Gasteiger partial charge on any atom is -0.368 e. The Morgan fingerprint density at radius 3 is 2.62 bits per heavy atom. The van der Waals surface area contributed by atoms with Crippen molar-refractivity contribution in [2.75, 3.05) is 11.6 Å². The van der Waals surface area contributed by atoms with E-state index >= 15 is 0 Å². The van der Waals surface area contributed by atoms with Crippen LogP contribution in [0.3, 0.4) is 0 Å². The Morgan fingerprint density at radius 1 is 1.29 bits per heavy atom. The number of anilines is 1. The minimum absolute atomic E-state index is 0.0764. The molecule has 4 N–H and O–H groups in total. The lowest BCUT2D eigenvalue weighted by Gasteiger charge is -2.01. The summed E-state index contributed by atoms with van der Waals surface area (Å²) in [5.41, 5.74) is 6.28. The average molecular weight is 300 g/mol. The highest BCUT2D eigenvalue weighted by atomic mass is 32.1. The molecule has 0 bridgehead atoms. The van der Waals surface area contributed by atoms with E-state index in [1.54, 1.807) is 31.2 Å². The maximum absolute atomic E-state index is 12.5. The number of thiophene rings is 1. The van der Waals surface area contributed by atoms with Gasteiger partial charge in [-0.3, -0.25) is 9.59 Å². The van der Waals surface area contributed by atoms with Gasteiger partial charge in [-0.05, 0) is 12.5 Å². The van der Waals surface area contributed by atoms with Crippen LogP contribution in [0.5, 0.6) is 0 Å². The van der Waals surface area contributed by atoms with Gasteiger partial charge in [0, 0.05) is 5.56 Å². The number of hydrogen-bond acceptors (Lipinski definition) is 6. The van der Waals surface area contributed by atoms with Crippen molar-refractivity contribution in [3.05, 3.63) is 56.7 Å². The van der Waals surface area contributed by atoms with Crippen molar-refractivity contribution >= 4 is 33.3 Å². The summed E-state index contributed by atoms with van der Waals surface area (Å²) in [6.45, 7) is 1.72. The summed E-state index contributed by atoms with van der Waals surface area (Å²) in [5, 5.41) is 0.344. The van der Waals surface area contributed by atoms with Crippen LogP contribution in [0.4, 0.5) is 5.95 Å². The van der Waals surface area contributed by atoms with Gasteiger partial charge in [-0.1, -0.05) is 30.3 Å². The first kappa shape index (κ1) is 13.3. The van der Waals surface area contributed by atoms with Gasteiger partial charge in [0.1, 0.15) is 4.83 Å². The molecule has 0 aliphatic rings. The van der Waals surface area contributed by atoms with Gasteiger partial charge in [0.05, 0.1) is 10.3 Å². The lowest BCUT2D eigenvalue weighted by molar-refractivity contribution is 0.104. The van der Waals surface area contributed by atoms with E-state index in [1.807, 2.05) is 6.07 Å². The zero-order chi connectivity index (χ0) is 15.1. The fourth-order valence-corrected chi connectivity index (χ4v) is 3.29.